The number of hydrogen-bond donors (Lipinski definition) is 1. The Morgan fingerprint density at radius 1 is 0.643 bits per heavy atom. The van der Waals surface area contributed by atoms with Gasteiger partial charge in [0.15, 0.2) is 0 Å². The summed E-state index contributed by atoms with van der Waals surface area (Å²) in [5.41, 5.74) is 2.94. The first-order valence-corrected chi connectivity index (χ1v) is 14.2. The number of benzene rings is 5. The Kier molecular flexibility index (Phi) is 8.13. The standard InChI is InChI=1S/C37H33NO4/c39-35-25-36(40)38(26-28-21-23-33(24-22-28)42-32-19-11-4-12-20-32)34(35)27-41-37(29-13-5-1-6-14-29,30-15-7-2-8-16-30)31-17-9-3-10-18-31/h1-24,34-35,39H,25-27H2. The molecule has 0 bridgehead atoms. The van der Waals surface area contributed by atoms with Crippen molar-refractivity contribution in [3.8, 4) is 11.5 Å². The molecule has 1 heterocycles. The number of carbonyl (C=O) groups excluding carboxylic acids is 1. The summed E-state index contributed by atoms with van der Waals surface area (Å²) in [6, 6.07) is 47.2. The highest BCUT2D eigenvalue weighted by molar-refractivity contribution is 5.79. The van der Waals surface area contributed by atoms with E-state index in [0.717, 1.165) is 33.8 Å². The molecule has 2 atom stereocenters. The molecule has 0 aliphatic carbocycles. The third-order valence-corrected chi connectivity index (χ3v) is 7.82. The Hall–Kier alpha value is -4.71. The molecule has 6 rings (SSSR count). The zero-order chi connectivity index (χ0) is 28.8. The van der Waals surface area contributed by atoms with Gasteiger partial charge in [-0.1, -0.05) is 121 Å². The lowest BCUT2D eigenvalue weighted by atomic mass is 9.80. The second-order valence-electron chi connectivity index (χ2n) is 10.5. The van der Waals surface area contributed by atoms with E-state index in [2.05, 4.69) is 36.4 Å². The number of carbonyl (C=O) groups is 1. The maximum Gasteiger partial charge on any atom is 0.225 e. The molecule has 0 aromatic heterocycles. The molecule has 210 valence electrons. The molecule has 1 N–H and O–H groups in total. The predicted octanol–water partition coefficient (Wildman–Crippen LogP) is 6.95. The van der Waals surface area contributed by atoms with Crippen LogP contribution in [-0.4, -0.2) is 34.7 Å². The third kappa shape index (κ3) is 5.70. The van der Waals surface area contributed by atoms with E-state index < -0.39 is 17.7 Å². The number of para-hydroxylation sites is 1. The Bertz CT molecular complexity index is 1480. The van der Waals surface area contributed by atoms with Crippen molar-refractivity contribution >= 4 is 5.91 Å². The van der Waals surface area contributed by atoms with Crippen LogP contribution in [0.3, 0.4) is 0 Å². The largest absolute Gasteiger partial charge is 0.457 e. The minimum Gasteiger partial charge on any atom is -0.457 e. The fourth-order valence-corrected chi connectivity index (χ4v) is 5.69. The van der Waals surface area contributed by atoms with Gasteiger partial charge in [-0.15, -0.1) is 0 Å². The molecule has 5 aromatic rings. The molecule has 0 radical (unpaired) electrons. The molecular formula is C37H33NO4. The van der Waals surface area contributed by atoms with Gasteiger partial charge in [-0.3, -0.25) is 4.79 Å². The predicted molar refractivity (Wildman–Crippen MR) is 163 cm³/mol. The van der Waals surface area contributed by atoms with Crippen molar-refractivity contribution in [2.24, 2.45) is 0 Å². The van der Waals surface area contributed by atoms with Crippen molar-refractivity contribution in [2.75, 3.05) is 6.61 Å². The molecule has 5 heteroatoms. The highest BCUT2D eigenvalue weighted by atomic mass is 16.5. The fraction of sp³-hybridized carbons (Fsp3) is 0.162. The van der Waals surface area contributed by atoms with Gasteiger partial charge in [-0.05, 0) is 46.5 Å². The average Bonchev–Trinajstić information content (AvgIpc) is 3.31. The van der Waals surface area contributed by atoms with Crippen LogP contribution in [0, 0.1) is 0 Å². The van der Waals surface area contributed by atoms with Crippen LogP contribution < -0.4 is 4.74 Å². The summed E-state index contributed by atoms with van der Waals surface area (Å²) in [7, 11) is 0. The number of nitrogens with zero attached hydrogens (tertiary/aromatic N) is 1. The number of rotatable bonds is 10. The van der Waals surface area contributed by atoms with E-state index in [1.54, 1.807) is 4.90 Å². The van der Waals surface area contributed by atoms with Crippen LogP contribution in [0.4, 0.5) is 0 Å². The maximum atomic E-state index is 13.1. The lowest BCUT2D eigenvalue weighted by molar-refractivity contribution is -0.131. The SMILES string of the molecule is O=C1CC(O)C(COC(c2ccccc2)(c2ccccc2)c2ccccc2)N1Cc1ccc(Oc2ccccc2)cc1. The lowest BCUT2D eigenvalue weighted by Crippen LogP contribution is -2.44. The van der Waals surface area contributed by atoms with Crippen LogP contribution in [0.15, 0.2) is 146 Å². The normalized spacial score (nSPS) is 16.9. The van der Waals surface area contributed by atoms with E-state index >= 15 is 0 Å². The lowest BCUT2D eigenvalue weighted by Gasteiger charge is -2.38. The number of ether oxygens (including phenoxy) is 2. The molecule has 1 saturated heterocycles. The zero-order valence-electron chi connectivity index (χ0n) is 23.3. The molecule has 1 aliphatic rings. The Labute approximate surface area is 246 Å². The maximum absolute atomic E-state index is 13.1. The minimum absolute atomic E-state index is 0.0677. The van der Waals surface area contributed by atoms with Crippen LogP contribution in [0.2, 0.25) is 0 Å². The summed E-state index contributed by atoms with van der Waals surface area (Å²) in [6.45, 7) is 0.519. The molecule has 2 unspecified atom stereocenters. The van der Waals surface area contributed by atoms with Gasteiger partial charge in [0.1, 0.15) is 17.1 Å². The summed E-state index contributed by atoms with van der Waals surface area (Å²) in [6.07, 6.45) is -0.767. The summed E-state index contributed by atoms with van der Waals surface area (Å²) in [4.78, 5) is 14.9. The molecule has 1 amide bonds. The van der Waals surface area contributed by atoms with Gasteiger partial charge < -0.3 is 19.5 Å². The molecular weight excluding hydrogens is 522 g/mol. The van der Waals surface area contributed by atoms with Crippen LogP contribution >= 0.6 is 0 Å². The van der Waals surface area contributed by atoms with Gasteiger partial charge in [-0.25, -0.2) is 0 Å². The molecule has 0 spiro atoms. The van der Waals surface area contributed by atoms with Crippen molar-refractivity contribution < 1.29 is 19.4 Å². The van der Waals surface area contributed by atoms with E-state index in [0.29, 0.717) is 6.54 Å². The second kappa shape index (κ2) is 12.4. The van der Waals surface area contributed by atoms with Gasteiger partial charge in [0, 0.05) is 6.54 Å². The quantitative estimate of drug-likeness (QED) is 0.190. The minimum atomic E-state index is -0.933. The van der Waals surface area contributed by atoms with Crippen molar-refractivity contribution in [1.29, 1.82) is 0 Å². The van der Waals surface area contributed by atoms with Gasteiger partial charge in [0.05, 0.1) is 25.2 Å². The monoisotopic (exact) mass is 555 g/mol. The van der Waals surface area contributed by atoms with Gasteiger partial charge in [-0.2, -0.15) is 0 Å². The topological polar surface area (TPSA) is 59.0 Å². The molecule has 42 heavy (non-hydrogen) atoms. The van der Waals surface area contributed by atoms with Crippen molar-refractivity contribution in [2.45, 2.75) is 30.7 Å². The fourth-order valence-electron chi connectivity index (χ4n) is 5.69. The van der Waals surface area contributed by atoms with Crippen molar-refractivity contribution in [1.82, 2.24) is 4.90 Å². The van der Waals surface area contributed by atoms with Crippen molar-refractivity contribution in [3.63, 3.8) is 0 Å². The van der Waals surface area contributed by atoms with E-state index in [9.17, 15) is 9.90 Å². The summed E-state index contributed by atoms with van der Waals surface area (Å²) >= 11 is 0. The van der Waals surface area contributed by atoms with Crippen LogP contribution in [0.1, 0.15) is 28.7 Å². The van der Waals surface area contributed by atoms with Gasteiger partial charge in [0.25, 0.3) is 0 Å². The zero-order valence-corrected chi connectivity index (χ0v) is 23.3. The highest BCUT2D eigenvalue weighted by Crippen LogP contribution is 2.41. The number of aliphatic hydroxyl groups is 1. The van der Waals surface area contributed by atoms with Crippen LogP contribution in [-0.2, 0) is 21.7 Å². The van der Waals surface area contributed by atoms with Crippen molar-refractivity contribution in [3.05, 3.63) is 168 Å². The van der Waals surface area contributed by atoms with Gasteiger partial charge >= 0.3 is 0 Å². The first kappa shape index (κ1) is 27.5. The summed E-state index contributed by atoms with van der Waals surface area (Å²) in [5, 5.41) is 11.1. The number of aliphatic hydroxyl groups excluding tert-OH is 1. The van der Waals surface area contributed by atoms with E-state index in [1.807, 2.05) is 109 Å². The second-order valence-corrected chi connectivity index (χ2v) is 10.5. The third-order valence-electron chi connectivity index (χ3n) is 7.82. The Balaban J connectivity index is 1.28. The molecule has 1 aliphatic heterocycles. The number of hydrogen-bond acceptors (Lipinski definition) is 4. The number of amides is 1. The Morgan fingerprint density at radius 2 is 1.10 bits per heavy atom. The first-order chi connectivity index (χ1) is 20.6. The summed E-state index contributed by atoms with van der Waals surface area (Å²) in [5.74, 6) is 1.39. The number of likely N-dealkylation sites (tertiary alicyclic amines) is 1. The first-order valence-electron chi connectivity index (χ1n) is 14.2. The van der Waals surface area contributed by atoms with Crippen LogP contribution in [0.25, 0.3) is 0 Å². The molecule has 5 nitrogen and oxygen atoms in total. The van der Waals surface area contributed by atoms with Crippen LogP contribution in [0.5, 0.6) is 11.5 Å². The van der Waals surface area contributed by atoms with Gasteiger partial charge in [0.2, 0.25) is 5.91 Å². The summed E-state index contributed by atoms with van der Waals surface area (Å²) < 4.78 is 12.9. The van der Waals surface area contributed by atoms with E-state index in [1.165, 1.54) is 0 Å². The molecule has 5 aromatic carbocycles. The highest BCUT2D eigenvalue weighted by Gasteiger charge is 2.43. The molecule has 0 saturated carbocycles. The molecule has 1 fully saturated rings. The smallest absolute Gasteiger partial charge is 0.225 e. The van der Waals surface area contributed by atoms with E-state index in [-0.39, 0.29) is 18.9 Å². The Morgan fingerprint density at radius 3 is 1.60 bits per heavy atom. The average molecular weight is 556 g/mol. The van der Waals surface area contributed by atoms with E-state index in [4.69, 9.17) is 9.47 Å².